The van der Waals surface area contributed by atoms with Crippen molar-refractivity contribution in [2.24, 2.45) is 0 Å². The summed E-state index contributed by atoms with van der Waals surface area (Å²) in [4.78, 5) is 0. The molecule has 0 spiro atoms. The molecule has 1 atom stereocenters. The van der Waals surface area contributed by atoms with Crippen LogP contribution in [0, 0.1) is 6.92 Å². The number of nitrogens with one attached hydrogen (secondary N) is 1. The van der Waals surface area contributed by atoms with Gasteiger partial charge in [0.1, 0.15) is 15.6 Å². The van der Waals surface area contributed by atoms with Crippen LogP contribution in [0.25, 0.3) is 0 Å². The Morgan fingerprint density at radius 1 is 1.29 bits per heavy atom. The summed E-state index contributed by atoms with van der Waals surface area (Å²) in [5.74, 6) is 1.15. The molecule has 4 nitrogen and oxygen atoms in total. The van der Waals surface area contributed by atoms with E-state index in [2.05, 4.69) is 12.2 Å². The maximum Gasteiger partial charge on any atom is 0.147 e. The molecule has 0 aliphatic carbocycles. The highest BCUT2D eigenvalue weighted by atomic mass is 32.2. The minimum absolute atomic E-state index is 0.258. The fourth-order valence-corrected chi connectivity index (χ4v) is 2.94. The van der Waals surface area contributed by atoms with Gasteiger partial charge in [-0.25, -0.2) is 8.42 Å². The number of sulfone groups is 1. The summed E-state index contributed by atoms with van der Waals surface area (Å²) in [6, 6.07) is 8.31. The molecule has 0 aromatic heterocycles. The largest absolute Gasteiger partial charge is 0.494 e. The third-order valence-corrected chi connectivity index (χ3v) is 4.32. The number of ether oxygens (including phenoxy) is 1. The normalized spacial score (nSPS) is 13.1. The zero-order valence-corrected chi connectivity index (χ0v) is 14.1. The van der Waals surface area contributed by atoms with E-state index in [1.165, 1.54) is 11.8 Å². The fourth-order valence-electron chi connectivity index (χ4n) is 2.25. The Bertz CT molecular complexity index is 514. The molecule has 1 N–H and O–H groups in total. The molecule has 0 saturated heterocycles. The molecule has 1 unspecified atom stereocenters. The minimum atomic E-state index is -2.86. The van der Waals surface area contributed by atoms with Gasteiger partial charge in [0.15, 0.2) is 0 Å². The second-order valence-corrected chi connectivity index (χ2v) is 7.74. The van der Waals surface area contributed by atoms with E-state index in [-0.39, 0.29) is 5.75 Å². The van der Waals surface area contributed by atoms with Gasteiger partial charge < -0.3 is 10.1 Å². The van der Waals surface area contributed by atoms with Crippen LogP contribution in [0.4, 0.5) is 0 Å². The van der Waals surface area contributed by atoms with E-state index >= 15 is 0 Å². The van der Waals surface area contributed by atoms with Crippen molar-refractivity contribution in [2.75, 3.05) is 25.2 Å². The number of hydrogen-bond donors (Lipinski definition) is 1. The van der Waals surface area contributed by atoms with Crippen molar-refractivity contribution in [3.8, 4) is 5.75 Å². The van der Waals surface area contributed by atoms with Gasteiger partial charge in [0, 0.05) is 18.1 Å². The van der Waals surface area contributed by atoms with Crippen molar-refractivity contribution >= 4 is 9.84 Å². The van der Waals surface area contributed by atoms with Crippen molar-refractivity contribution < 1.29 is 13.2 Å². The first-order chi connectivity index (χ1) is 9.90. The number of benzene rings is 1. The molecule has 0 aliphatic rings. The van der Waals surface area contributed by atoms with E-state index in [1.54, 1.807) is 0 Å². The van der Waals surface area contributed by atoms with Crippen molar-refractivity contribution in [3.05, 3.63) is 29.8 Å². The van der Waals surface area contributed by atoms with Crippen LogP contribution in [0.15, 0.2) is 24.3 Å². The first-order valence-electron chi connectivity index (χ1n) is 7.51. The highest BCUT2D eigenvalue weighted by Crippen LogP contribution is 2.13. The number of hydrogen-bond acceptors (Lipinski definition) is 4. The molecule has 0 saturated carbocycles. The molecule has 0 fully saturated rings. The summed E-state index contributed by atoms with van der Waals surface area (Å²) in [7, 11) is -2.86. The van der Waals surface area contributed by atoms with Gasteiger partial charge in [0.05, 0.1) is 6.61 Å². The van der Waals surface area contributed by atoms with Gasteiger partial charge in [-0.05, 0) is 50.4 Å². The average molecular weight is 313 g/mol. The van der Waals surface area contributed by atoms with Gasteiger partial charge in [0.2, 0.25) is 0 Å². The summed E-state index contributed by atoms with van der Waals surface area (Å²) < 4.78 is 28.1. The molecule has 0 radical (unpaired) electrons. The van der Waals surface area contributed by atoms with E-state index in [0.717, 1.165) is 25.1 Å². The zero-order chi connectivity index (χ0) is 15.7. The van der Waals surface area contributed by atoms with E-state index < -0.39 is 9.84 Å². The Labute approximate surface area is 128 Å². The van der Waals surface area contributed by atoms with Crippen LogP contribution in [-0.4, -0.2) is 39.6 Å². The summed E-state index contributed by atoms with van der Waals surface area (Å²) in [5, 5.41) is 3.39. The summed E-state index contributed by atoms with van der Waals surface area (Å²) in [6.07, 6.45) is 3.72. The maximum absolute atomic E-state index is 11.2. The van der Waals surface area contributed by atoms with Crippen LogP contribution in [0.1, 0.15) is 31.7 Å². The average Bonchev–Trinajstić information content (AvgIpc) is 2.37. The lowest BCUT2D eigenvalue weighted by Gasteiger charge is -2.18. The molecule has 0 heterocycles. The van der Waals surface area contributed by atoms with Gasteiger partial charge in [0.25, 0.3) is 0 Å². The standard InChI is InChI=1S/C16H27NO3S/c1-4-17-15(8-6-12-21(3,18)19)10-11-20-16-9-5-7-14(2)13-16/h5,7,9,13,15,17H,4,6,8,10-12H2,1-3H3. The van der Waals surface area contributed by atoms with E-state index in [1.807, 2.05) is 31.2 Å². The second kappa shape index (κ2) is 9.05. The van der Waals surface area contributed by atoms with Crippen molar-refractivity contribution in [1.82, 2.24) is 5.32 Å². The third kappa shape index (κ3) is 8.73. The summed E-state index contributed by atoms with van der Waals surface area (Å²) in [6.45, 7) is 5.62. The fraction of sp³-hybridized carbons (Fsp3) is 0.625. The SMILES string of the molecule is CCNC(CCCS(C)(=O)=O)CCOc1cccc(C)c1. The molecule has 21 heavy (non-hydrogen) atoms. The third-order valence-electron chi connectivity index (χ3n) is 3.29. The lowest BCUT2D eigenvalue weighted by molar-refractivity contribution is 0.281. The zero-order valence-electron chi connectivity index (χ0n) is 13.3. The van der Waals surface area contributed by atoms with Crippen LogP contribution in [0.3, 0.4) is 0 Å². The topological polar surface area (TPSA) is 55.4 Å². The van der Waals surface area contributed by atoms with Gasteiger partial charge >= 0.3 is 0 Å². The quantitative estimate of drug-likeness (QED) is 0.721. The van der Waals surface area contributed by atoms with Crippen LogP contribution >= 0.6 is 0 Å². The first-order valence-corrected chi connectivity index (χ1v) is 9.57. The van der Waals surface area contributed by atoms with Crippen LogP contribution in [0.5, 0.6) is 5.75 Å². The van der Waals surface area contributed by atoms with Gasteiger partial charge in [-0.15, -0.1) is 0 Å². The van der Waals surface area contributed by atoms with Gasteiger partial charge in [-0.2, -0.15) is 0 Å². The summed E-state index contributed by atoms with van der Waals surface area (Å²) >= 11 is 0. The molecular weight excluding hydrogens is 286 g/mol. The maximum atomic E-state index is 11.2. The molecule has 0 amide bonds. The highest BCUT2D eigenvalue weighted by molar-refractivity contribution is 7.90. The molecule has 1 rings (SSSR count). The molecule has 1 aromatic rings. The highest BCUT2D eigenvalue weighted by Gasteiger charge is 2.10. The molecule has 120 valence electrons. The van der Waals surface area contributed by atoms with Crippen molar-refractivity contribution in [3.63, 3.8) is 0 Å². The lowest BCUT2D eigenvalue weighted by atomic mass is 10.1. The monoisotopic (exact) mass is 313 g/mol. The number of rotatable bonds is 10. The Kier molecular flexibility index (Phi) is 7.75. The smallest absolute Gasteiger partial charge is 0.147 e. The van der Waals surface area contributed by atoms with Crippen LogP contribution in [-0.2, 0) is 9.84 Å². The van der Waals surface area contributed by atoms with Crippen molar-refractivity contribution in [1.29, 1.82) is 0 Å². The van der Waals surface area contributed by atoms with Crippen LogP contribution < -0.4 is 10.1 Å². The Morgan fingerprint density at radius 2 is 2.05 bits per heavy atom. The van der Waals surface area contributed by atoms with E-state index in [9.17, 15) is 8.42 Å². The van der Waals surface area contributed by atoms with Gasteiger partial charge in [-0.3, -0.25) is 0 Å². The Hall–Kier alpha value is -1.07. The molecule has 5 heteroatoms. The second-order valence-electron chi connectivity index (χ2n) is 5.48. The molecule has 1 aromatic carbocycles. The number of aryl methyl sites for hydroxylation is 1. The van der Waals surface area contributed by atoms with Crippen LogP contribution in [0.2, 0.25) is 0 Å². The lowest BCUT2D eigenvalue weighted by Crippen LogP contribution is -2.31. The predicted molar refractivity (Wildman–Crippen MR) is 87.7 cm³/mol. The summed E-state index contributed by atoms with van der Waals surface area (Å²) in [5.41, 5.74) is 1.18. The Morgan fingerprint density at radius 3 is 2.67 bits per heavy atom. The first kappa shape index (κ1) is 18.0. The molecular formula is C16H27NO3S. The molecule has 0 bridgehead atoms. The van der Waals surface area contributed by atoms with Crippen molar-refractivity contribution in [2.45, 2.75) is 39.2 Å². The van der Waals surface area contributed by atoms with E-state index in [0.29, 0.717) is 19.1 Å². The Balaban J connectivity index is 2.33. The minimum Gasteiger partial charge on any atom is -0.494 e. The van der Waals surface area contributed by atoms with Gasteiger partial charge in [-0.1, -0.05) is 19.1 Å². The van der Waals surface area contributed by atoms with E-state index in [4.69, 9.17) is 4.74 Å². The molecule has 0 aliphatic heterocycles. The predicted octanol–water partition coefficient (Wildman–Crippen LogP) is 2.57.